The first-order chi connectivity index (χ1) is 16.2. The second kappa shape index (κ2) is 10.9. The summed E-state index contributed by atoms with van der Waals surface area (Å²) in [5.74, 6) is 1.83. The van der Waals surface area contributed by atoms with Gasteiger partial charge in [0.05, 0.1) is 18.3 Å². The third-order valence-electron chi connectivity index (χ3n) is 9.26. The summed E-state index contributed by atoms with van der Waals surface area (Å²) < 4.78 is 30.3. The first kappa shape index (κ1) is 26.0. The van der Waals surface area contributed by atoms with Gasteiger partial charge >= 0.3 is 0 Å². The van der Waals surface area contributed by atoms with Crippen LogP contribution in [0.3, 0.4) is 0 Å². The van der Waals surface area contributed by atoms with Gasteiger partial charge in [0.15, 0.2) is 0 Å². The molecule has 4 fully saturated rings. The van der Waals surface area contributed by atoms with Crippen LogP contribution in [0.4, 0.5) is 8.78 Å². The van der Waals surface area contributed by atoms with Crippen LogP contribution in [0.2, 0.25) is 0 Å². The number of allylic oxidation sites excluding steroid dienone is 3. The predicted molar refractivity (Wildman–Crippen MR) is 131 cm³/mol. The summed E-state index contributed by atoms with van der Waals surface area (Å²) in [7, 11) is 0. The summed E-state index contributed by atoms with van der Waals surface area (Å²) in [6.45, 7) is 11.0. The van der Waals surface area contributed by atoms with Gasteiger partial charge in [-0.25, -0.2) is 8.78 Å². The van der Waals surface area contributed by atoms with E-state index in [0.29, 0.717) is 41.6 Å². The molecule has 0 bridgehead atoms. The largest absolute Gasteiger partial charge is 0.388 e. The SMILES string of the molecule is C=C1[C@H](O)CC(=CC=C2CCC[C@]3(C)[C@@H](C(C)CN4CCC(OCC(F)F)C4)CC[C@@H]23)C[C@H]1O. The second-order valence-electron chi connectivity index (χ2n) is 11.5. The molecule has 192 valence electrons. The van der Waals surface area contributed by atoms with Crippen molar-refractivity contribution in [3.8, 4) is 0 Å². The topological polar surface area (TPSA) is 52.9 Å². The molecule has 4 nitrogen and oxygen atoms in total. The molecule has 0 aromatic rings. The van der Waals surface area contributed by atoms with Crippen LogP contribution in [0.5, 0.6) is 0 Å². The predicted octanol–water partition coefficient (Wildman–Crippen LogP) is 5.12. The van der Waals surface area contributed by atoms with Gasteiger partial charge in [-0.1, -0.05) is 43.7 Å². The number of aliphatic hydroxyl groups excluding tert-OH is 2. The van der Waals surface area contributed by atoms with Gasteiger partial charge in [-0.2, -0.15) is 0 Å². The highest BCUT2D eigenvalue weighted by Crippen LogP contribution is 2.59. The number of likely N-dealkylation sites (tertiary alicyclic amines) is 1. The molecule has 0 aromatic heterocycles. The van der Waals surface area contributed by atoms with Gasteiger partial charge in [0.25, 0.3) is 6.43 Å². The number of halogens is 2. The van der Waals surface area contributed by atoms with Gasteiger partial charge in [-0.3, -0.25) is 0 Å². The minimum Gasteiger partial charge on any atom is -0.388 e. The summed E-state index contributed by atoms with van der Waals surface area (Å²) in [5.41, 5.74) is 3.47. The Balaban J connectivity index is 1.37. The Morgan fingerprint density at radius 2 is 1.91 bits per heavy atom. The van der Waals surface area contributed by atoms with Crippen molar-refractivity contribution in [1.29, 1.82) is 0 Å². The van der Waals surface area contributed by atoms with Crippen molar-refractivity contribution in [1.82, 2.24) is 4.90 Å². The van der Waals surface area contributed by atoms with Crippen LogP contribution >= 0.6 is 0 Å². The Morgan fingerprint density at radius 3 is 2.62 bits per heavy atom. The Labute approximate surface area is 203 Å². The molecule has 34 heavy (non-hydrogen) atoms. The van der Waals surface area contributed by atoms with E-state index >= 15 is 0 Å². The maximum absolute atomic E-state index is 12.5. The van der Waals surface area contributed by atoms with Crippen LogP contribution in [0.25, 0.3) is 0 Å². The van der Waals surface area contributed by atoms with Crippen LogP contribution in [-0.2, 0) is 4.74 Å². The fourth-order valence-corrected chi connectivity index (χ4v) is 7.48. The quantitative estimate of drug-likeness (QED) is 0.498. The lowest BCUT2D eigenvalue weighted by Gasteiger charge is -2.45. The van der Waals surface area contributed by atoms with E-state index < -0.39 is 25.2 Å². The minimum absolute atomic E-state index is 0.0561. The van der Waals surface area contributed by atoms with E-state index in [0.717, 1.165) is 38.0 Å². The number of hydrogen-bond acceptors (Lipinski definition) is 4. The van der Waals surface area contributed by atoms with E-state index in [-0.39, 0.29) is 6.10 Å². The average molecular weight is 480 g/mol. The van der Waals surface area contributed by atoms with Crippen molar-refractivity contribution in [2.45, 2.75) is 90.0 Å². The van der Waals surface area contributed by atoms with E-state index in [9.17, 15) is 19.0 Å². The van der Waals surface area contributed by atoms with Crippen molar-refractivity contribution in [2.75, 3.05) is 26.2 Å². The number of rotatable bonds is 7. The molecule has 1 saturated heterocycles. The zero-order valence-corrected chi connectivity index (χ0v) is 20.9. The number of alkyl halides is 2. The Kier molecular flexibility index (Phi) is 8.33. The monoisotopic (exact) mass is 479 g/mol. The molecule has 0 amide bonds. The number of nitrogens with zero attached hydrogens (tertiary/aromatic N) is 1. The molecule has 7 atom stereocenters. The Hall–Kier alpha value is -1.08. The third kappa shape index (κ3) is 5.66. The highest BCUT2D eigenvalue weighted by Gasteiger charge is 2.50. The van der Waals surface area contributed by atoms with Gasteiger partial charge in [0, 0.05) is 19.6 Å². The molecule has 4 rings (SSSR count). The highest BCUT2D eigenvalue weighted by molar-refractivity contribution is 5.29. The van der Waals surface area contributed by atoms with Crippen molar-refractivity contribution in [2.24, 2.45) is 23.2 Å². The maximum atomic E-state index is 12.5. The van der Waals surface area contributed by atoms with Crippen LogP contribution in [-0.4, -0.2) is 66.1 Å². The summed E-state index contributed by atoms with van der Waals surface area (Å²) >= 11 is 0. The minimum atomic E-state index is -2.39. The molecule has 0 spiro atoms. The van der Waals surface area contributed by atoms with Crippen molar-refractivity contribution in [3.05, 3.63) is 35.5 Å². The summed E-state index contributed by atoms with van der Waals surface area (Å²) in [4.78, 5) is 2.41. The van der Waals surface area contributed by atoms with E-state index in [1.165, 1.54) is 31.3 Å². The first-order valence-corrected chi connectivity index (χ1v) is 13.2. The maximum Gasteiger partial charge on any atom is 0.261 e. The van der Waals surface area contributed by atoms with E-state index in [1.807, 2.05) is 0 Å². The lowest BCUT2D eigenvalue weighted by atomic mass is 9.61. The molecule has 0 radical (unpaired) electrons. The zero-order valence-electron chi connectivity index (χ0n) is 20.9. The molecule has 1 aliphatic heterocycles. The molecule has 4 aliphatic rings. The van der Waals surface area contributed by atoms with Crippen molar-refractivity contribution in [3.63, 3.8) is 0 Å². The number of aliphatic hydroxyl groups is 2. The van der Waals surface area contributed by atoms with E-state index in [2.05, 4.69) is 37.5 Å². The van der Waals surface area contributed by atoms with E-state index in [4.69, 9.17) is 4.74 Å². The summed E-state index contributed by atoms with van der Waals surface area (Å²) in [5, 5.41) is 20.3. The molecule has 3 saturated carbocycles. The van der Waals surface area contributed by atoms with Crippen LogP contribution in [0.15, 0.2) is 35.5 Å². The summed E-state index contributed by atoms with van der Waals surface area (Å²) in [6.07, 6.45) is 8.77. The molecule has 6 heteroatoms. The highest BCUT2D eigenvalue weighted by atomic mass is 19.3. The van der Waals surface area contributed by atoms with Crippen LogP contribution in [0.1, 0.15) is 65.2 Å². The van der Waals surface area contributed by atoms with Gasteiger partial charge in [0.2, 0.25) is 0 Å². The molecular weight excluding hydrogens is 436 g/mol. The Morgan fingerprint density at radius 1 is 1.18 bits per heavy atom. The molecule has 2 unspecified atom stereocenters. The van der Waals surface area contributed by atoms with Gasteiger partial charge in [-0.05, 0) is 80.1 Å². The van der Waals surface area contributed by atoms with Crippen LogP contribution in [0, 0.1) is 23.2 Å². The Bertz CT molecular complexity index is 781. The molecule has 2 N–H and O–H groups in total. The van der Waals surface area contributed by atoms with Gasteiger partial charge in [0.1, 0.15) is 6.61 Å². The number of fused-ring (bicyclic) bond motifs is 1. The molecule has 1 heterocycles. The van der Waals surface area contributed by atoms with Gasteiger partial charge < -0.3 is 19.8 Å². The smallest absolute Gasteiger partial charge is 0.261 e. The molecular formula is C28H43F2NO3. The third-order valence-corrected chi connectivity index (χ3v) is 9.26. The van der Waals surface area contributed by atoms with Crippen molar-refractivity contribution >= 4 is 0 Å². The normalized spacial score (nSPS) is 39.1. The first-order valence-electron chi connectivity index (χ1n) is 13.2. The lowest BCUT2D eigenvalue weighted by Crippen LogP contribution is -2.39. The number of hydrogen-bond donors (Lipinski definition) is 2. The molecule has 0 aromatic carbocycles. The second-order valence-corrected chi connectivity index (χ2v) is 11.5. The molecule has 3 aliphatic carbocycles. The van der Waals surface area contributed by atoms with Crippen LogP contribution < -0.4 is 0 Å². The van der Waals surface area contributed by atoms with Crippen molar-refractivity contribution < 1.29 is 23.7 Å². The average Bonchev–Trinajstić information content (AvgIpc) is 3.38. The zero-order chi connectivity index (χ0) is 24.5. The fourth-order valence-electron chi connectivity index (χ4n) is 7.48. The van der Waals surface area contributed by atoms with E-state index in [1.54, 1.807) is 0 Å². The van der Waals surface area contributed by atoms with Gasteiger partial charge in [-0.15, -0.1) is 0 Å². The fraction of sp³-hybridized carbons (Fsp3) is 0.786. The number of ether oxygens (including phenoxy) is 1. The standard InChI is InChI=1S/C28H43F2NO3/c1-18(15-31-12-10-22(16-31)34-17-27(29)30)23-8-9-24-21(5-4-11-28(23,24)3)7-6-20-13-25(32)19(2)26(33)14-20/h6-7,18,22-27,32-33H,2,4-5,8-17H2,1,3H3/t18?,22?,23-,24+,25-,26-,28-/m1/s1. The lowest BCUT2D eigenvalue weighted by molar-refractivity contribution is -0.0207. The summed E-state index contributed by atoms with van der Waals surface area (Å²) in [6, 6.07) is 0.